The summed E-state index contributed by atoms with van der Waals surface area (Å²) in [5, 5.41) is 9.01. The zero-order valence-corrected chi connectivity index (χ0v) is 13.1. The van der Waals surface area contributed by atoms with Crippen LogP contribution in [0.1, 0.15) is 0 Å². The lowest BCUT2D eigenvalue weighted by Gasteiger charge is -2.10. The summed E-state index contributed by atoms with van der Waals surface area (Å²) in [6.45, 7) is 0. The third-order valence-corrected chi connectivity index (χ3v) is 4.00. The van der Waals surface area contributed by atoms with Gasteiger partial charge in [-0.25, -0.2) is 0 Å². The summed E-state index contributed by atoms with van der Waals surface area (Å²) < 4.78 is 0. The molecule has 0 fully saturated rings. The van der Waals surface area contributed by atoms with E-state index < -0.39 is 0 Å². The molecule has 0 spiro atoms. The highest BCUT2D eigenvalue weighted by Gasteiger charge is 2.12. The van der Waals surface area contributed by atoms with Crippen LogP contribution in [0.4, 0.5) is 0 Å². The van der Waals surface area contributed by atoms with E-state index in [1.807, 2.05) is 54.6 Å². The first-order chi connectivity index (χ1) is 11.9. The molecule has 24 heavy (non-hydrogen) atoms. The quantitative estimate of drug-likeness (QED) is 0.501. The molecule has 0 amide bonds. The van der Waals surface area contributed by atoms with E-state index in [0.29, 0.717) is 0 Å². The van der Waals surface area contributed by atoms with E-state index in [-0.39, 0.29) is 0 Å². The number of hydrogen-bond acceptors (Lipinski definition) is 2. The van der Waals surface area contributed by atoms with E-state index in [4.69, 9.17) is 0 Å². The van der Waals surface area contributed by atoms with Crippen LogP contribution in [0.2, 0.25) is 0 Å². The molecule has 0 N–H and O–H groups in total. The van der Waals surface area contributed by atoms with Crippen molar-refractivity contribution in [1.29, 1.82) is 0 Å². The number of nitrogens with zero attached hydrogens (tertiary/aromatic N) is 2. The number of rotatable bonds is 3. The van der Waals surface area contributed by atoms with Crippen molar-refractivity contribution in [3.63, 3.8) is 0 Å². The molecule has 0 bridgehead atoms. The molecule has 0 aliphatic carbocycles. The molecule has 2 nitrogen and oxygen atoms in total. The average Bonchev–Trinajstić information content (AvgIpc) is 2.69. The maximum Gasteiger partial charge on any atom is 0.101 e. The Morgan fingerprint density at radius 1 is 0.458 bits per heavy atom. The van der Waals surface area contributed by atoms with Crippen LogP contribution in [0.15, 0.2) is 97.1 Å². The summed E-state index contributed by atoms with van der Waals surface area (Å²) in [6.07, 6.45) is 0. The molecule has 4 aromatic rings. The SMILES string of the molecule is c1ccc(-c2cc(-c3ccccc3)c(-c3ccccc3)nn2)cc1. The molecular weight excluding hydrogens is 292 g/mol. The molecule has 0 aliphatic rings. The van der Waals surface area contributed by atoms with Gasteiger partial charge in [0, 0.05) is 16.7 Å². The molecule has 3 aromatic carbocycles. The number of hydrogen-bond donors (Lipinski definition) is 0. The van der Waals surface area contributed by atoms with Crippen molar-refractivity contribution in [2.45, 2.75) is 0 Å². The van der Waals surface area contributed by atoms with Gasteiger partial charge >= 0.3 is 0 Å². The first kappa shape index (κ1) is 14.3. The van der Waals surface area contributed by atoms with Crippen molar-refractivity contribution in [3.05, 3.63) is 97.1 Å². The third-order valence-electron chi connectivity index (χ3n) is 4.00. The zero-order chi connectivity index (χ0) is 16.2. The fourth-order valence-electron chi connectivity index (χ4n) is 2.79. The highest BCUT2D eigenvalue weighted by atomic mass is 15.1. The minimum Gasteiger partial charge on any atom is -0.150 e. The predicted octanol–water partition coefficient (Wildman–Crippen LogP) is 5.48. The van der Waals surface area contributed by atoms with Crippen LogP contribution in [0, 0.1) is 0 Å². The summed E-state index contributed by atoms with van der Waals surface area (Å²) in [4.78, 5) is 0. The Balaban J connectivity index is 1.92. The maximum atomic E-state index is 4.55. The second-order valence-electron chi connectivity index (χ2n) is 5.59. The Morgan fingerprint density at radius 3 is 1.54 bits per heavy atom. The van der Waals surface area contributed by atoms with E-state index >= 15 is 0 Å². The second kappa shape index (κ2) is 6.47. The molecule has 0 saturated carbocycles. The van der Waals surface area contributed by atoms with Gasteiger partial charge in [-0.15, -0.1) is 10.2 Å². The van der Waals surface area contributed by atoms with Crippen LogP contribution in [0.5, 0.6) is 0 Å². The molecule has 114 valence electrons. The zero-order valence-electron chi connectivity index (χ0n) is 13.1. The van der Waals surface area contributed by atoms with Gasteiger partial charge in [-0.1, -0.05) is 91.0 Å². The van der Waals surface area contributed by atoms with Crippen molar-refractivity contribution in [1.82, 2.24) is 10.2 Å². The average molecular weight is 308 g/mol. The maximum absolute atomic E-state index is 4.55. The molecule has 0 saturated heterocycles. The predicted molar refractivity (Wildman–Crippen MR) is 98.3 cm³/mol. The van der Waals surface area contributed by atoms with Gasteiger partial charge in [-0.05, 0) is 11.6 Å². The van der Waals surface area contributed by atoms with Gasteiger partial charge in [0.05, 0.1) is 5.69 Å². The molecule has 4 rings (SSSR count). The van der Waals surface area contributed by atoms with Gasteiger partial charge in [0.25, 0.3) is 0 Å². The molecular formula is C22H16N2. The highest BCUT2D eigenvalue weighted by Crippen LogP contribution is 2.32. The van der Waals surface area contributed by atoms with Crippen molar-refractivity contribution in [2.75, 3.05) is 0 Å². The first-order valence-corrected chi connectivity index (χ1v) is 7.96. The van der Waals surface area contributed by atoms with E-state index in [0.717, 1.165) is 33.6 Å². The summed E-state index contributed by atoms with van der Waals surface area (Å²) >= 11 is 0. The Morgan fingerprint density at radius 2 is 0.958 bits per heavy atom. The lowest BCUT2D eigenvalue weighted by atomic mass is 9.98. The van der Waals surface area contributed by atoms with Gasteiger partial charge in [-0.3, -0.25) is 0 Å². The van der Waals surface area contributed by atoms with E-state index in [2.05, 4.69) is 52.7 Å². The minimum absolute atomic E-state index is 0.883. The largest absolute Gasteiger partial charge is 0.150 e. The summed E-state index contributed by atoms with van der Waals surface area (Å²) in [7, 11) is 0. The van der Waals surface area contributed by atoms with Crippen LogP contribution in [-0.2, 0) is 0 Å². The number of benzene rings is 3. The first-order valence-electron chi connectivity index (χ1n) is 7.96. The molecule has 0 unspecified atom stereocenters. The molecule has 1 aromatic heterocycles. The van der Waals surface area contributed by atoms with E-state index in [1.165, 1.54) is 0 Å². The lowest BCUT2D eigenvalue weighted by Crippen LogP contribution is -1.95. The molecule has 0 atom stereocenters. The van der Waals surface area contributed by atoms with Crippen LogP contribution >= 0.6 is 0 Å². The van der Waals surface area contributed by atoms with Crippen LogP contribution in [0.3, 0.4) is 0 Å². The van der Waals surface area contributed by atoms with Gasteiger partial charge in [0.1, 0.15) is 5.69 Å². The topological polar surface area (TPSA) is 25.8 Å². The molecule has 1 heterocycles. The smallest absolute Gasteiger partial charge is 0.101 e. The molecule has 0 radical (unpaired) electrons. The summed E-state index contributed by atoms with van der Waals surface area (Å²) in [6, 6.07) is 32.8. The summed E-state index contributed by atoms with van der Waals surface area (Å²) in [5.41, 5.74) is 6.17. The Hall–Kier alpha value is -3.26. The van der Waals surface area contributed by atoms with Gasteiger partial charge in [-0.2, -0.15) is 0 Å². The van der Waals surface area contributed by atoms with Crippen molar-refractivity contribution in [3.8, 4) is 33.6 Å². The molecule has 2 heteroatoms. The Bertz CT molecular complexity index is 933. The van der Waals surface area contributed by atoms with Gasteiger partial charge < -0.3 is 0 Å². The lowest BCUT2D eigenvalue weighted by molar-refractivity contribution is 1.05. The Kier molecular flexibility index (Phi) is 3.86. The van der Waals surface area contributed by atoms with Crippen molar-refractivity contribution in [2.24, 2.45) is 0 Å². The fraction of sp³-hybridized carbons (Fsp3) is 0. The normalized spacial score (nSPS) is 10.5. The van der Waals surface area contributed by atoms with Crippen LogP contribution < -0.4 is 0 Å². The van der Waals surface area contributed by atoms with E-state index in [1.54, 1.807) is 0 Å². The highest BCUT2D eigenvalue weighted by molar-refractivity contribution is 5.82. The van der Waals surface area contributed by atoms with Crippen molar-refractivity contribution < 1.29 is 0 Å². The third kappa shape index (κ3) is 2.82. The van der Waals surface area contributed by atoms with Gasteiger partial charge in [0.15, 0.2) is 0 Å². The minimum atomic E-state index is 0.883. The second-order valence-corrected chi connectivity index (χ2v) is 5.59. The van der Waals surface area contributed by atoms with Crippen molar-refractivity contribution >= 4 is 0 Å². The summed E-state index contributed by atoms with van der Waals surface area (Å²) in [5.74, 6) is 0. The molecule has 0 aliphatic heterocycles. The number of aromatic nitrogens is 2. The van der Waals surface area contributed by atoms with Crippen LogP contribution in [0.25, 0.3) is 33.6 Å². The van der Waals surface area contributed by atoms with Crippen LogP contribution in [-0.4, -0.2) is 10.2 Å². The Labute approximate surface area is 141 Å². The fourth-order valence-corrected chi connectivity index (χ4v) is 2.79. The van der Waals surface area contributed by atoms with E-state index in [9.17, 15) is 0 Å². The van der Waals surface area contributed by atoms with Gasteiger partial charge in [0.2, 0.25) is 0 Å². The standard InChI is InChI=1S/C22H16N2/c1-4-10-17(11-5-1)20-16-21(18-12-6-2-7-13-18)23-24-22(20)19-14-8-3-9-15-19/h1-16H. The monoisotopic (exact) mass is 308 g/mol.